The van der Waals surface area contributed by atoms with Crippen LogP contribution in [0.1, 0.15) is 25.5 Å². The highest BCUT2D eigenvalue weighted by molar-refractivity contribution is 5.47. The van der Waals surface area contributed by atoms with Crippen molar-refractivity contribution in [2.24, 2.45) is 0 Å². The molecule has 0 radical (unpaired) electrons. The molecule has 2 heterocycles. The molecule has 0 aliphatic rings. The fourth-order valence-electron chi connectivity index (χ4n) is 1.24. The van der Waals surface area contributed by atoms with E-state index in [2.05, 4.69) is 18.8 Å². The van der Waals surface area contributed by atoms with Gasteiger partial charge in [-0.1, -0.05) is 13.8 Å². The van der Waals surface area contributed by atoms with E-state index in [0.29, 0.717) is 17.6 Å². The molecule has 0 bridgehead atoms. The number of oxazole rings is 1. The maximum Gasteiger partial charge on any atom is 0.307 e. The summed E-state index contributed by atoms with van der Waals surface area (Å²) in [6.07, 6.45) is 3.34. The van der Waals surface area contributed by atoms with Gasteiger partial charge in [-0.15, -0.1) is 0 Å². The van der Waals surface area contributed by atoms with Crippen molar-refractivity contribution in [1.29, 1.82) is 0 Å². The largest absolute Gasteiger partial charge is 0.432 e. The Bertz CT molecular complexity index is 399. The van der Waals surface area contributed by atoms with Crippen molar-refractivity contribution in [1.82, 2.24) is 9.38 Å². The number of fused-ring (bicyclic) bond motifs is 1. The first-order chi connectivity index (χ1) is 5.70. The van der Waals surface area contributed by atoms with Gasteiger partial charge in [-0.25, -0.2) is 0 Å². The van der Waals surface area contributed by atoms with Gasteiger partial charge in [0.25, 0.3) is 0 Å². The lowest BCUT2D eigenvalue weighted by Gasteiger charge is -1.99. The second-order valence-electron chi connectivity index (χ2n) is 3.09. The number of nitrogens with two attached hydrogens (primary N) is 1. The topological polar surface area (TPSA) is 56.5 Å². The van der Waals surface area contributed by atoms with Gasteiger partial charge < -0.3 is 10.2 Å². The quantitative estimate of drug-likeness (QED) is 0.698. The van der Waals surface area contributed by atoms with Crippen LogP contribution >= 0.6 is 0 Å². The predicted octanol–water partition coefficient (Wildman–Crippen LogP) is 1.63. The van der Waals surface area contributed by atoms with Gasteiger partial charge in [-0.3, -0.25) is 4.40 Å². The molecular formula is C8H11N3O. The molecule has 0 amide bonds. The number of rotatable bonds is 1. The molecule has 2 aromatic rings. The van der Waals surface area contributed by atoms with E-state index in [1.54, 1.807) is 16.9 Å². The average Bonchev–Trinajstić information content (AvgIpc) is 2.53. The summed E-state index contributed by atoms with van der Waals surface area (Å²) in [7, 11) is 0. The van der Waals surface area contributed by atoms with Crippen LogP contribution in [0.25, 0.3) is 5.84 Å². The zero-order chi connectivity index (χ0) is 8.72. The van der Waals surface area contributed by atoms with Gasteiger partial charge in [0.1, 0.15) is 12.1 Å². The SMILES string of the molecule is CC(C)c1nc2occn2c1N. The first-order valence-electron chi connectivity index (χ1n) is 3.91. The second-order valence-corrected chi connectivity index (χ2v) is 3.09. The van der Waals surface area contributed by atoms with Crippen LogP contribution in [-0.2, 0) is 0 Å². The summed E-state index contributed by atoms with van der Waals surface area (Å²) in [5.74, 6) is 1.57. The summed E-state index contributed by atoms with van der Waals surface area (Å²) in [5.41, 5.74) is 6.72. The Kier molecular flexibility index (Phi) is 1.36. The summed E-state index contributed by atoms with van der Waals surface area (Å²) in [6, 6.07) is 0. The van der Waals surface area contributed by atoms with Crippen LogP contribution in [0.4, 0.5) is 5.82 Å². The Morgan fingerprint density at radius 3 is 2.92 bits per heavy atom. The van der Waals surface area contributed by atoms with Crippen molar-refractivity contribution in [2.45, 2.75) is 19.8 Å². The van der Waals surface area contributed by atoms with Crippen LogP contribution in [0.2, 0.25) is 0 Å². The third-order valence-electron chi connectivity index (χ3n) is 1.87. The monoisotopic (exact) mass is 165 g/mol. The van der Waals surface area contributed by atoms with Crippen molar-refractivity contribution in [3.05, 3.63) is 18.2 Å². The molecule has 4 heteroatoms. The Balaban J connectivity index is 2.70. The molecular weight excluding hydrogens is 154 g/mol. The van der Waals surface area contributed by atoms with Crippen LogP contribution in [0.3, 0.4) is 0 Å². The lowest BCUT2D eigenvalue weighted by atomic mass is 10.1. The van der Waals surface area contributed by atoms with Crippen molar-refractivity contribution >= 4 is 11.7 Å². The van der Waals surface area contributed by atoms with E-state index in [0.717, 1.165) is 5.69 Å². The van der Waals surface area contributed by atoms with Gasteiger partial charge >= 0.3 is 5.84 Å². The number of hydrogen-bond acceptors (Lipinski definition) is 3. The molecule has 2 N–H and O–H groups in total. The van der Waals surface area contributed by atoms with Gasteiger partial charge in [0.15, 0.2) is 0 Å². The van der Waals surface area contributed by atoms with Crippen molar-refractivity contribution < 1.29 is 4.42 Å². The molecule has 0 unspecified atom stereocenters. The standard InChI is InChI=1S/C8H11N3O/c1-5(2)6-7(9)11-3-4-12-8(11)10-6/h3-5H,9H2,1-2H3. The van der Waals surface area contributed by atoms with Crippen LogP contribution in [-0.4, -0.2) is 9.38 Å². The Labute approximate surface area is 70.0 Å². The molecule has 2 rings (SSSR count). The van der Waals surface area contributed by atoms with Gasteiger partial charge in [-0.2, -0.15) is 4.98 Å². The lowest BCUT2D eigenvalue weighted by Crippen LogP contribution is -1.96. The van der Waals surface area contributed by atoms with E-state index in [1.807, 2.05) is 0 Å². The molecule has 0 fully saturated rings. The maximum absolute atomic E-state index is 5.82. The third-order valence-corrected chi connectivity index (χ3v) is 1.87. The Hall–Kier alpha value is -1.45. The van der Waals surface area contributed by atoms with E-state index < -0.39 is 0 Å². The highest BCUT2D eigenvalue weighted by atomic mass is 16.3. The first-order valence-corrected chi connectivity index (χ1v) is 3.91. The van der Waals surface area contributed by atoms with Crippen molar-refractivity contribution in [3.8, 4) is 0 Å². The van der Waals surface area contributed by atoms with Crippen molar-refractivity contribution in [2.75, 3.05) is 5.73 Å². The fourth-order valence-corrected chi connectivity index (χ4v) is 1.24. The van der Waals surface area contributed by atoms with Crippen LogP contribution in [0.5, 0.6) is 0 Å². The molecule has 4 nitrogen and oxygen atoms in total. The van der Waals surface area contributed by atoms with E-state index in [-0.39, 0.29) is 0 Å². The number of imidazole rings is 1. The zero-order valence-electron chi connectivity index (χ0n) is 7.11. The molecule has 0 aromatic carbocycles. The summed E-state index contributed by atoms with van der Waals surface area (Å²) in [5, 5.41) is 0. The van der Waals surface area contributed by atoms with Gasteiger partial charge in [0.05, 0.1) is 11.9 Å². The number of nitrogens with zero attached hydrogens (tertiary/aromatic N) is 2. The molecule has 12 heavy (non-hydrogen) atoms. The minimum absolute atomic E-state index is 0.333. The zero-order valence-corrected chi connectivity index (χ0v) is 7.11. The fraction of sp³-hybridized carbons (Fsp3) is 0.375. The second kappa shape index (κ2) is 2.27. The van der Waals surface area contributed by atoms with Crippen LogP contribution < -0.4 is 5.73 Å². The molecule has 0 spiro atoms. The molecule has 64 valence electrons. The summed E-state index contributed by atoms with van der Waals surface area (Å²) in [4.78, 5) is 4.24. The number of nitrogen functional groups attached to an aromatic ring is 1. The van der Waals surface area contributed by atoms with Gasteiger partial charge in [0, 0.05) is 0 Å². The lowest BCUT2D eigenvalue weighted by molar-refractivity contribution is 0.594. The maximum atomic E-state index is 5.82. The molecule has 0 aliphatic heterocycles. The molecule has 0 saturated heterocycles. The van der Waals surface area contributed by atoms with E-state index in [1.165, 1.54) is 0 Å². The summed E-state index contributed by atoms with van der Waals surface area (Å²) < 4.78 is 6.85. The van der Waals surface area contributed by atoms with E-state index in [9.17, 15) is 0 Å². The average molecular weight is 165 g/mol. The minimum Gasteiger partial charge on any atom is -0.432 e. The highest BCUT2D eigenvalue weighted by Crippen LogP contribution is 2.22. The van der Waals surface area contributed by atoms with Crippen molar-refractivity contribution in [3.63, 3.8) is 0 Å². The molecule has 0 aliphatic carbocycles. The third kappa shape index (κ3) is 0.809. The molecule has 0 saturated carbocycles. The highest BCUT2D eigenvalue weighted by Gasteiger charge is 2.13. The Morgan fingerprint density at radius 1 is 1.58 bits per heavy atom. The number of hydrogen-bond donors (Lipinski definition) is 1. The number of anilines is 1. The van der Waals surface area contributed by atoms with Crippen LogP contribution in [0, 0.1) is 0 Å². The summed E-state index contributed by atoms with van der Waals surface area (Å²) in [6.45, 7) is 4.11. The minimum atomic E-state index is 0.333. The number of aromatic nitrogens is 2. The van der Waals surface area contributed by atoms with E-state index in [4.69, 9.17) is 10.2 Å². The smallest absolute Gasteiger partial charge is 0.307 e. The first kappa shape index (κ1) is 7.21. The molecule has 0 atom stereocenters. The summed E-state index contributed by atoms with van der Waals surface area (Å²) >= 11 is 0. The van der Waals surface area contributed by atoms with E-state index >= 15 is 0 Å². The van der Waals surface area contributed by atoms with Gasteiger partial charge in [0.2, 0.25) is 0 Å². The predicted molar refractivity (Wildman–Crippen MR) is 46.0 cm³/mol. The molecule has 2 aromatic heterocycles. The Morgan fingerprint density at radius 2 is 2.33 bits per heavy atom. The van der Waals surface area contributed by atoms with Crippen LogP contribution in [0.15, 0.2) is 16.9 Å². The normalized spacial score (nSPS) is 11.6. The van der Waals surface area contributed by atoms with Gasteiger partial charge in [-0.05, 0) is 5.92 Å².